The van der Waals surface area contributed by atoms with E-state index in [-0.39, 0.29) is 5.78 Å². The summed E-state index contributed by atoms with van der Waals surface area (Å²) in [7, 11) is 3.61. The number of benzene rings is 2. The quantitative estimate of drug-likeness (QED) is 0.555. The number of nitrogens with zero attached hydrogens (tertiary/aromatic N) is 2. The molecule has 5 heteroatoms. The molecule has 0 fully saturated rings. The molecule has 2 aromatic carbocycles. The summed E-state index contributed by atoms with van der Waals surface area (Å²) >= 11 is 1.48. The van der Waals surface area contributed by atoms with Gasteiger partial charge in [0.1, 0.15) is 10.8 Å². The molecule has 0 unspecified atom stereocenters. The average Bonchev–Trinajstić information content (AvgIpc) is 3.04. The van der Waals surface area contributed by atoms with E-state index in [1.54, 1.807) is 7.11 Å². The highest BCUT2D eigenvalue weighted by Crippen LogP contribution is 2.30. The number of hydrogen-bond donors (Lipinski definition) is 0. The van der Waals surface area contributed by atoms with Crippen molar-refractivity contribution >= 4 is 17.1 Å². The summed E-state index contributed by atoms with van der Waals surface area (Å²) in [5.74, 6) is 0.947. The van der Waals surface area contributed by atoms with Gasteiger partial charge in [0, 0.05) is 12.1 Å². The molecule has 0 aliphatic carbocycles. The van der Waals surface area contributed by atoms with Crippen LogP contribution in [0.2, 0.25) is 0 Å². The van der Waals surface area contributed by atoms with Crippen molar-refractivity contribution in [2.45, 2.75) is 20.4 Å². The number of rotatable bonds is 7. The van der Waals surface area contributed by atoms with Crippen molar-refractivity contribution in [3.05, 3.63) is 70.2 Å². The second kappa shape index (κ2) is 8.46. The number of Topliss-reactive ketones (excluding diaryl/α,β-unsaturated/α-hetero) is 1. The van der Waals surface area contributed by atoms with Gasteiger partial charge in [0.2, 0.25) is 0 Å². The highest BCUT2D eigenvalue weighted by Gasteiger charge is 2.18. The third kappa shape index (κ3) is 4.62. The Kier molecular flexibility index (Phi) is 6.04. The first-order valence-corrected chi connectivity index (χ1v) is 9.67. The molecule has 0 saturated heterocycles. The molecule has 1 aromatic heterocycles. The van der Waals surface area contributed by atoms with Gasteiger partial charge in [-0.05, 0) is 44.2 Å². The van der Waals surface area contributed by atoms with Crippen LogP contribution in [0.25, 0.3) is 10.6 Å². The highest BCUT2D eigenvalue weighted by molar-refractivity contribution is 7.17. The van der Waals surface area contributed by atoms with Gasteiger partial charge in [0.05, 0.1) is 24.2 Å². The number of carbonyl (C=O) groups is 1. The van der Waals surface area contributed by atoms with Crippen LogP contribution in [-0.4, -0.2) is 36.4 Å². The smallest absolute Gasteiger partial charge is 0.188 e. The molecule has 0 amide bonds. The molecule has 1 heterocycles. The van der Waals surface area contributed by atoms with Gasteiger partial charge in [-0.2, -0.15) is 0 Å². The normalized spacial score (nSPS) is 11.0. The molecule has 0 spiro atoms. The summed E-state index contributed by atoms with van der Waals surface area (Å²) < 4.78 is 5.18. The van der Waals surface area contributed by atoms with Crippen molar-refractivity contribution in [2.24, 2.45) is 0 Å². The molecule has 0 bridgehead atoms. The molecule has 0 aliphatic heterocycles. The Bertz CT molecular complexity index is 932. The van der Waals surface area contributed by atoms with Crippen molar-refractivity contribution in [3.63, 3.8) is 0 Å². The number of ether oxygens (including phenoxy) is 1. The predicted octanol–water partition coefficient (Wildman–Crippen LogP) is 4.75. The minimum Gasteiger partial charge on any atom is -0.497 e. The molecule has 0 N–H and O–H groups in total. The SMILES string of the molecule is COc1ccc(CN(C)CC(=O)c2sc(-c3ccccc3C)nc2C)cc1. The Hall–Kier alpha value is -2.50. The Morgan fingerprint density at radius 1 is 1.11 bits per heavy atom. The second-order valence-electron chi connectivity index (χ2n) is 6.69. The summed E-state index contributed by atoms with van der Waals surface area (Å²) in [6, 6.07) is 16.1. The van der Waals surface area contributed by atoms with E-state index in [4.69, 9.17) is 4.74 Å². The fraction of sp³-hybridized carbons (Fsp3) is 0.273. The first kappa shape index (κ1) is 19.3. The maximum absolute atomic E-state index is 12.8. The number of thiazole rings is 1. The lowest BCUT2D eigenvalue weighted by atomic mass is 10.1. The van der Waals surface area contributed by atoms with Crippen LogP contribution < -0.4 is 4.74 Å². The fourth-order valence-corrected chi connectivity index (χ4v) is 4.09. The van der Waals surface area contributed by atoms with Crippen LogP contribution >= 0.6 is 11.3 Å². The molecule has 0 aliphatic rings. The Labute approximate surface area is 164 Å². The van der Waals surface area contributed by atoms with Gasteiger partial charge >= 0.3 is 0 Å². The number of ketones is 1. The van der Waals surface area contributed by atoms with E-state index in [0.717, 1.165) is 32.5 Å². The standard InChI is InChI=1S/C22H24N2O2S/c1-15-7-5-6-8-19(15)22-23-16(2)21(27-22)20(25)14-24(3)13-17-9-11-18(26-4)12-10-17/h5-12H,13-14H2,1-4H3. The maximum Gasteiger partial charge on any atom is 0.188 e. The summed E-state index contributed by atoms with van der Waals surface area (Å²) in [5, 5.41) is 0.909. The van der Waals surface area contributed by atoms with Crippen molar-refractivity contribution in [3.8, 4) is 16.3 Å². The van der Waals surface area contributed by atoms with E-state index in [2.05, 4.69) is 24.0 Å². The molecule has 3 aromatic rings. The second-order valence-corrected chi connectivity index (χ2v) is 7.69. The van der Waals surface area contributed by atoms with Crippen LogP contribution in [0.5, 0.6) is 5.75 Å². The van der Waals surface area contributed by atoms with Crippen LogP contribution in [0.15, 0.2) is 48.5 Å². The van der Waals surface area contributed by atoms with Crippen molar-refractivity contribution < 1.29 is 9.53 Å². The highest BCUT2D eigenvalue weighted by atomic mass is 32.1. The molecule has 4 nitrogen and oxygen atoms in total. The fourth-order valence-electron chi connectivity index (χ4n) is 3.00. The van der Waals surface area contributed by atoms with Gasteiger partial charge in [-0.3, -0.25) is 9.69 Å². The van der Waals surface area contributed by atoms with Crippen LogP contribution in [0.1, 0.15) is 26.5 Å². The summed E-state index contributed by atoms with van der Waals surface area (Å²) in [6.07, 6.45) is 0. The molecule has 0 radical (unpaired) electrons. The molecule has 27 heavy (non-hydrogen) atoms. The number of carbonyl (C=O) groups excluding carboxylic acids is 1. The first-order chi connectivity index (χ1) is 13.0. The summed E-state index contributed by atoms with van der Waals surface area (Å²) in [5.41, 5.74) is 4.21. The Balaban J connectivity index is 1.69. The monoisotopic (exact) mass is 380 g/mol. The molecule has 140 valence electrons. The average molecular weight is 381 g/mol. The number of methoxy groups -OCH3 is 1. The Morgan fingerprint density at radius 3 is 2.48 bits per heavy atom. The van der Waals surface area contributed by atoms with Gasteiger partial charge in [-0.15, -0.1) is 11.3 Å². The molecular weight excluding hydrogens is 356 g/mol. The number of aromatic nitrogens is 1. The molecular formula is C22H24N2O2S. The zero-order valence-electron chi connectivity index (χ0n) is 16.2. The topological polar surface area (TPSA) is 42.4 Å². The van der Waals surface area contributed by atoms with Crippen molar-refractivity contribution in [2.75, 3.05) is 20.7 Å². The molecule has 0 saturated carbocycles. The van der Waals surface area contributed by atoms with Gasteiger partial charge in [0.25, 0.3) is 0 Å². The minimum atomic E-state index is 0.112. The van der Waals surface area contributed by atoms with Crippen molar-refractivity contribution in [1.82, 2.24) is 9.88 Å². The Morgan fingerprint density at radius 2 is 1.81 bits per heavy atom. The summed E-state index contributed by atoms with van der Waals surface area (Å²) in [6.45, 7) is 5.05. The largest absolute Gasteiger partial charge is 0.497 e. The van der Waals surface area contributed by atoms with E-state index in [9.17, 15) is 4.79 Å². The van der Waals surface area contributed by atoms with E-state index in [0.29, 0.717) is 13.1 Å². The van der Waals surface area contributed by atoms with Gasteiger partial charge < -0.3 is 4.74 Å². The van der Waals surface area contributed by atoms with Gasteiger partial charge in [-0.25, -0.2) is 4.98 Å². The lowest BCUT2D eigenvalue weighted by molar-refractivity contribution is 0.0946. The number of hydrogen-bond acceptors (Lipinski definition) is 5. The predicted molar refractivity (Wildman–Crippen MR) is 111 cm³/mol. The summed E-state index contributed by atoms with van der Waals surface area (Å²) in [4.78, 5) is 20.2. The van der Waals surface area contributed by atoms with Crippen LogP contribution in [0.3, 0.4) is 0 Å². The van der Waals surface area contributed by atoms with E-state index >= 15 is 0 Å². The van der Waals surface area contributed by atoms with E-state index < -0.39 is 0 Å². The lowest BCUT2D eigenvalue weighted by Gasteiger charge is -2.15. The minimum absolute atomic E-state index is 0.112. The third-order valence-electron chi connectivity index (χ3n) is 4.45. The number of aryl methyl sites for hydroxylation is 2. The van der Waals surface area contributed by atoms with Crippen LogP contribution in [0, 0.1) is 13.8 Å². The first-order valence-electron chi connectivity index (χ1n) is 8.86. The van der Waals surface area contributed by atoms with E-state index in [1.807, 2.05) is 55.3 Å². The van der Waals surface area contributed by atoms with Gasteiger partial charge in [-0.1, -0.05) is 36.4 Å². The zero-order chi connectivity index (χ0) is 19.4. The number of likely N-dealkylation sites (N-methyl/N-ethyl adjacent to an activating group) is 1. The van der Waals surface area contributed by atoms with Crippen LogP contribution in [0.4, 0.5) is 0 Å². The molecule has 3 rings (SSSR count). The van der Waals surface area contributed by atoms with Crippen LogP contribution in [-0.2, 0) is 6.54 Å². The van der Waals surface area contributed by atoms with Gasteiger partial charge in [0.15, 0.2) is 5.78 Å². The van der Waals surface area contributed by atoms with Crippen molar-refractivity contribution in [1.29, 1.82) is 0 Å². The zero-order valence-corrected chi connectivity index (χ0v) is 17.0. The maximum atomic E-state index is 12.8. The third-order valence-corrected chi connectivity index (χ3v) is 5.68. The van der Waals surface area contributed by atoms with E-state index in [1.165, 1.54) is 16.9 Å². The molecule has 0 atom stereocenters. The lowest BCUT2D eigenvalue weighted by Crippen LogP contribution is -2.25.